The number of nitrogens with two attached hydrogens (primary N) is 1. The van der Waals surface area contributed by atoms with Gasteiger partial charge in [0.1, 0.15) is 0 Å². The summed E-state index contributed by atoms with van der Waals surface area (Å²) in [4.78, 5) is 17.3. The van der Waals surface area contributed by atoms with Crippen molar-refractivity contribution in [2.75, 3.05) is 44.2 Å². The summed E-state index contributed by atoms with van der Waals surface area (Å²) in [5, 5.41) is 0. The molecule has 0 bridgehead atoms. The zero-order valence-electron chi connectivity index (χ0n) is 12.6. The van der Waals surface area contributed by atoms with Crippen molar-refractivity contribution in [1.29, 1.82) is 0 Å². The van der Waals surface area contributed by atoms with E-state index in [4.69, 9.17) is 10.5 Å². The van der Waals surface area contributed by atoms with Gasteiger partial charge in [0.05, 0.1) is 12.6 Å². The highest BCUT2D eigenvalue weighted by Crippen LogP contribution is 2.13. The van der Waals surface area contributed by atoms with Crippen LogP contribution in [0.25, 0.3) is 0 Å². The van der Waals surface area contributed by atoms with E-state index in [-0.39, 0.29) is 30.1 Å². The lowest BCUT2D eigenvalue weighted by Gasteiger charge is -2.35. The van der Waals surface area contributed by atoms with Gasteiger partial charge in [0.15, 0.2) is 5.96 Å². The SMILES string of the molecule is I.NC(=NCC1CCCO1)N1CCN(c2ncccn2)CC1. The van der Waals surface area contributed by atoms with Gasteiger partial charge >= 0.3 is 0 Å². The number of hydrogen-bond donors (Lipinski definition) is 1. The molecule has 3 rings (SSSR count). The number of guanidine groups is 1. The predicted molar refractivity (Wildman–Crippen MR) is 96.7 cm³/mol. The van der Waals surface area contributed by atoms with Crippen LogP contribution < -0.4 is 10.6 Å². The third kappa shape index (κ3) is 4.42. The van der Waals surface area contributed by atoms with Crippen molar-refractivity contribution in [1.82, 2.24) is 14.9 Å². The summed E-state index contributed by atoms with van der Waals surface area (Å²) in [6.45, 7) is 4.95. The van der Waals surface area contributed by atoms with Crippen LogP contribution in [0.15, 0.2) is 23.5 Å². The maximum Gasteiger partial charge on any atom is 0.225 e. The van der Waals surface area contributed by atoms with Crippen molar-refractivity contribution in [3.05, 3.63) is 18.5 Å². The Labute approximate surface area is 148 Å². The van der Waals surface area contributed by atoms with Gasteiger partial charge in [0.25, 0.3) is 0 Å². The monoisotopic (exact) mass is 418 g/mol. The molecular formula is C14H23IN6O. The fourth-order valence-corrected chi connectivity index (χ4v) is 2.67. The molecular weight excluding hydrogens is 395 g/mol. The van der Waals surface area contributed by atoms with Crippen LogP contribution in [0.1, 0.15) is 12.8 Å². The third-order valence-corrected chi connectivity index (χ3v) is 3.92. The Bertz CT molecular complexity index is 471. The molecule has 0 aromatic carbocycles. The van der Waals surface area contributed by atoms with E-state index in [1.54, 1.807) is 12.4 Å². The molecule has 122 valence electrons. The molecule has 2 aliphatic rings. The van der Waals surface area contributed by atoms with E-state index in [9.17, 15) is 0 Å². The molecule has 22 heavy (non-hydrogen) atoms. The van der Waals surface area contributed by atoms with Gasteiger partial charge < -0.3 is 20.3 Å². The second-order valence-electron chi connectivity index (χ2n) is 5.36. The molecule has 0 spiro atoms. The third-order valence-electron chi connectivity index (χ3n) is 3.92. The first kappa shape index (κ1) is 17.2. The van der Waals surface area contributed by atoms with Crippen LogP contribution in [0.4, 0.5) is 5.95 Å². The van der Waals surface area contributed by atoms with E-state index in [1.807, 2.05) is 6.07 Å². The number of piperazine rings is 1. The number of halogens is 1. The Morgan fingerprint density at radius 1 is 1.27 bits per heavy atom. The summed E-state index contributed by atoms with van der Waals surface area (Å²) in [6, 6.07) is 1.83. The number of ether oxygens (including phenoxy) is 1. The minimum atomic E-state index is 0. The summed E-state index contributed by atoms with van der Waals surface area (Å²) in [5.41, 5.74) is 6.08. The minimum Gasteiger partial charge on any atom is -0.376 e. The predicted octanol–water partition coefficient (Wildman–Crippen LogP) is 0.710. The number of aromatic nitrogens is 2. The zero-order chi connectivity index (χ0) is 14.5. The molecule has 1 aromatic heterocycles. The first-order valence-corrected chi connectivity index (χ1v) is 7.51. The van der Waals surface area contributed by atoms with Crippen molar-refractivity contribution in [2.45, 2.75) is 18.9 Å². The Morgan fingerprint density at radius 2 is 2.00 bits per heavy atom. The Kier molecular flexibility index (Phi) is 6.62. The summed E-state index contributed by atoms with van der Waals surface area (Å²) in [6.07, 6.45) is 6.02. The standard InChI is InChI=1S/C14H22N6O.HI/c15-13(18-11-12-3-1-10-21-12)19-6-8-20(9-7-19)14-16-4-2-5-17-14;/h2,4-5,12H,1,3,6-11H2,(H2,15,18);1H. The minimum absolute atomic E-state index is 0. The van der Waals surface area contributed by atoms with E-state index < -0.39 is 0 Å². The van der Waals surface area contributed by atoms with Gasteiger partial charge in [-0.05, 0) is 18.9 Å². The fraction of sp³-hybridized carbons (Fsp3) is 0.643. The van der Waals surface area contributed by atoms with Gasteiger partial charge in [-0.15, -0.1) is 24.0 Å². The van der Waals surface area contributed by atoms with Gasteiger partial charge in [-0.25, -0.2) is 9.97 Å². The molecule has 1 unspecified atom stereocenters. The molecule has 1 atom stereocenters. The van der Waals surface area contributed by atoms with E-state index in [2.05, 4.69) is 24.8 Å². The molecule has 0 aliphatic carbocycles. The van der Waals surface area contributed by atoms with Crippen molar-refractivity contribution >= 4 is 35.9 Å². The van der Waals surface area contributed by atoms with Gasteiger partial charge in [-0.2, -0.15) is 0 Å². The number of anilines is 1. The summed E-state index contributed by atoms with van der Waals surface area (Å²) in [5.74, 6) is 1.41. The molecule has 2 fully saturated rings. The Morgan fingerprint density at radius 3 is 2.64 bits per heavy atom. The van der Waals surface area contributed by atoms with Crippen molar-refractivity contribution < 1.29 is 4.74 Å². The fourth-order valence-electron chi connectivity index (χ4n) is 2.67. The van der Waals surface area contributed by atoms with Gasteiger partial charge in [-0.3, -0.25) is 4.99 Å². The average molecular weight is 418 g/mol. The molecule has 0 amide bonds. The van der Waals surface area contributed by atoms with Gasteiger partial charge in [-0.1, -0.05) is 0 Å². The van der Waals surface area contributed by atoms with E-state index in [0.29, 0.717) is 12.5 Å². The topological polar surface area (TPSA) is 79.9 Å². The number of aliphatic imine (C=N–C) groups is 1. The molecule has 2 saturated heterocycles. The molecule has 0 saturated carbocycles. The molecule has 7 nitrogen and oxygen atoms in total. The molecule has 8 heteroatoms. The van der Waals surface area contributed by atoms with E-state index in [0.717, 1.165) is 51.6 Å². The van der Waals surface area contributed by atoms with Crippen LogP contribution in [0.2, 0.25) is 0 Å². The van der Waals surface area contributed by atoms with Crippen LogP contribution in [0, 0.1) is 0 Å². The van der Waals surface area contributed by atoms with E-state index in [1.165, 1.54) is 0 Å². The second kappa shape index (κ2) is 8.47. The Hall–Kier alpha value is -1.16. The normalized spacial score (nSPS) is 22.5. The average Bonchev–Trinajstić information content (AvgIpc) is 3.07. The summed E-state index contributed by atoms with van der Waals surface area (Å²) in [7, 11) is 0. The first-order chi connectivity index (χ1) is 10.3. The highest BCUT2D eigenvalue weighted by atomic mass is 127. The van der Waals surface area contributed by atoms with Crippen LogP contribution in [-0.2, 0) is 4.74 Å². The number of rotatable bonds is 3. The molecule has 3 heterocycles. The lowest BCUT2D eigenvalue weighted by Crippen LogP contribution is -2.51. The van der Waals surface area contributed by atoms with Crippen LogP contribution in [0.3, 0.4) is 0 Å². The van der Waals surface area contributed by atoms with Crippen molar-refractivity contribution in [2.24, 2.45) is 10.7 Å². The smallest absolute Gasteiger partial charge is 0.225 e. The maximum absolute atomic E-state index is 6.08. The van der Waals surface area contributed by atoms with E-state index >= 15 is 0 Å². The molecule has 1 aromatic rings. The van der Waals surface area contributed by atoms with Crippen molar-refractivity contribution in [3.63, 3.8) is 0 Å². The van der Waals surface area contributed by atoms with Crippen LogP contribution >= 0.6 is 24.0 Å². The first-order valence-electron chi connectivity index (χ1n) is 7.51. The molecule has 0 radical (unpaired) electrons. The largest absolute Gasteiger partial charge is 0.376 e. The lowest BCUT2D eigenvalue weighted by atomic mass is 10.2. The van der Waals surface area contributed by atoms with Gasteiger partial charge in [0, 0.05) is 45.2 Å². The summed E-state index contributed by atoms with van der Waals surface area (Å²) < 4.78 is 5.56. The highest BCUT2D eigenvalue weighted by Gasteiger charge is 2.20. The Balaban J connectivity index is 0.00000176. The maximum atomic E-state index is 6.08. The molecule has 2 N–H and O–H groups in total. The number of nitrogens with zero attached hydrogens (tertiary/aromatic N) is 5. The molecule has 2 aliphatic heterocycles. The highest BCUT2D eigenvalue weighted by molar-refractivity contribution is 14.0. The van der Waals surface area contributed by atoms with Crippen molar-refractivity contribution in [3.8, 4) is 0 Å². The van der Waals surface area contributed by atoms with Crippen LogP contribution in [-0.4, -0.2) is 66.3 Å². The zero-order valence-corrected chi connectivity index (χ0v) is 14.9. The quantitative estimate of drug-likeness (QED) is 0.443. The second-order valence-corrected chi connectivity index (χ2v) is 5.36. The number of hydrogen-bond acceptors (Lipinski definition) is 5. The van der Waals surface area contributed by atoms with Crippen LogP contribution in [0.5, 0.6) is 0 Å². The summed E-state index contributed by atoms with van der Waals surface area (Å²) >= 11 is 0. The van der Waals surface area contributed by atoms with Gasteiger partial charge in [0.2, 0.25) is 5.95 Å². The lowest BCUT2D eigenvalue weighted by molar-refractivity contribution is 0.117.